The van der Waals surface area contributed by atoms with Crippen LogP contribution in [0.1, 0.15) is 46.1 Å². The highest BCUT2D eigenvalue weighted by Gasteiger charge is 2.06. The van der Waals surface area contributed by atoms with Gasteiger partial charge in [-0.05, 0) is 68.7 Å². The molecule has 0 aliphatic heterocycles. The van der Waals surface area contributed by atoms with Gasteiger partial charge in [0.1, 0.15) is 0 Å². The van der Waals surface area contributed by atoms with Gasteiger partial charge in [-0.2, -0.15) is 11.3 Å². The lowest BCUT2D eigenvalue weighted by Crippen LogP contribution is -2.42. The lowest BCUT2D eigenvalue weighted by Gasteiger charge is -2.21. The maximum absolute atomic E-state index is 4.66. The first-order valence-corrected chi connectivity index (χ1v) is 9.42. The predicted molar refractivity (Wildman–Crippen MR) is 114 cm³/mol. The molecule has 134 valence electrons. The second kappa shape index (κ2) is 14.0. The van der Waals surface area contributed by atoms with E-state index in [2.05, 4.69) is 65.0 Å². The maximum Gasteiger partial charge on any atom is 0.191 e. The fraction of sp³-hybridized carbons (Fsp3) is 0.706. The lowest BCUT2D eigenvalue weighted by atomic mass is 10.2. The molecule has 0 aliphatic rings. The van der Waals surface area contributed by atoms with Crippen LogP contribution in [0.15, 0.2) is 21.8 Å². The van der Waals surface area contributed by atoms with Crippen LogP contribution in [-0.4, -0.2) is 43.1 Å². The summed E-state index contributed by atoms with van der Waals surface area (Å²) in [6, 6.07) is 2.57. The van der Waals surface area contributed by atoms with E-state index < -0.39 is 0 Å². The Bertz CT molecular complexity index is 405. The van der Waals surface area contributed by atoms with Crippen LogP contribution in [-0.2, 0) is 6.54 Å². The van der Waals surface area contributed by atoms with Crippen molar-refractivity contribution in [1.29, 1.82) is 0 Å². The number of hydrogen-bond acceptors (Lipinski definition) is 3. The molecule has 0 saturated carbocycles. The highest BCUT2D eigenvalue weighted by Crippen LogP contribution is 2.07. The Labute approximate surface area is 163 Å². The summed E-state index contributed by atoms with van der Waals surface area (Å²) in [5, 5.41) is 11.1. The molecule has 0 saturated heterocycles. The van der Waals surface area contributed by atoms with Gasteiger partial charge >= 0.3 is 0 Å². The zero-order chi connectivity index (χ0) is 16.2. The molecule has 0 fully saturated rings. The topological polar surface area (TPSA) is 39.7 Å². The minimum Gasteiger partial charge on any atom is -0.357 e. The molecule has 1 unspecified atom stereocenters. The van der Waals surface area contributed by atoms with Gasteiger partial charge in [0.15, 0.2) is 5.96 Å². The Balaban J connectivity index is 0.00000484. The van der Waals surface area contributed by atoms with Crippen molar-refractivity contribution in [2.75, 3.05) is 26.2 Å². The van der Waals surface area contributed by atoms with Gasteiger partial charge in [0.05, 0.1) is 6.54 Å². The first-order valence-electron chi connectivity index (χ1n) is 8.47. The molecule has 0 amide bonds. The van der Waals surface area contributed by atoms with E-state index in [0.717, 1.165) is 32.1 Å². The minimum absolute atomic E-state index is 0. The van der Waals surface area contributed by atoms with Crippen LogP contribution in [0, 0.1) is 0 Å². The minimum atomic E-state index is 0. The summed E-state index contributed by atoms with van der Waals surface area (Å²) in [7, 11) is 0. The van der Waals surface area contributed by atoms with Gasteiger partial charge in [0.25, 0.3) is 0 Å². The predicted octanol–water partition coefficient (Wildman–Crippen LogP) is 3.93. The van der Waals surface area contributed by atoms with Crippen LogP contribution in [0.25, 0.3) is 0 Å². The molecule has 1 rings (SSSR count). The molecule has 2 N–H and O–H groups in total. The number of halogens is 1. The third-order valence-corrected chi connectivity index (χ3v) is 4.47. The average Bonchev–Trinajstić information content (AvgIpc) is 3.03. The van der Waals surface area contributed by atoms with Crippen LogP contribution in [0.4, 0.5) is 0 Å². The van der Waals surface area contributed by atoms with E-state index in [9.17, 15) is 0 Å². The molecule has 1 aromatic heterocycles. The Morgan fingerprint density at radius 3 is 2.61 bits per heavy atom. The van der Waals surface area contributed by atoms with Crippen molar-refractivity contribution in [3.63, 3.8) is 0 Å². The molecule has 0 aliphatic carbocycles. The molecule has 0 bridgehead atoms. The smallest absolute Gasteiger partial charge is 0.191 e. The van der Waals surface area contributed by atoms with Crippen molar-refractivity contribution >= 4 is 41.3 Å². The zero-order valence-electron chi connectivity index (χ0n) is 15.0. The molecule has 23 heavy (non-hydrogen) atoms. The normalized spacial score (nSPS) is 12.8. The summed E-state index contributed by atoms with van der Waals surface area (Å²) >= 11 is 1.72. The van der Waals surface area contributed by atoms with Crippen LogP contribution >= 0.6 is 35.3 Å². The van der Waals surface area contributed by atoms with Crippen LogP contribution in [0.3, 0.4) is 0 Å². The molecule has 1 aromatic rings. The Hall–Kier alpha value is -0.340. The van der Waals surface area contributed by atoms with Gasteiger partial charge < -0.3 is 15.5 Å². The number of hydrogen-bond donors (Lipinski definition) is 2. The second-order valence-corrected chi connectivity index (χ2v) is 6.32. The third kappa shape index (κ3) is 10.2. The summed E-state index contributed by atoms with van der Waals surface area (Å²) in [4.78, 5) is 7.14. The molecule has 1 heterocycles. The summed E-state index contributed by atoms with van der Waals surface area (Å²) in [6.07, 6.45) is 2.39. The van der Waals surface area contributed by atoms with E-state index >= 15 is 0 Å². The summed E-state index contributed by atoms with van der Waals surface area (Å²) in [6.45, 7) is 13.9. The van der Waals surface area contributed by atoms with Gasteiger partial charge in [0.2, 0.25) is 0 Å². The van der Waals surface area contributed by atoms with Crippen LogP contribution in [0.5, 0.6) is 0 Å². The van der Waals surface area contributed by atoms with E-state index in [-0.39, 0.29) is 24.0 Å². The van der Waals surface area contributed by atoms with E-state index in [4.69, 9.17) is 0 Å². The van der Waals surface area contributed by atoms with Gasteiger partial charge in [-0.15, -0.1) is 24.0 Å². The number of nitrogens with zero attached hydrogens (tertiary/aromatic N) is 2. The number of nitrogens with one attached hydrogen (secondary N) is 2. The number of guanidine groups is 1. The van der Waals surface area contributed by atoms with Crippen molar-refractivity contribution < 1.29 is 0 Å². The van der Waals surface area contributed by atoms with E-state index in [1.165, 1.54) is 24.9 Å². The SMILES string of the molecule is CCNC(=NCc1ccsc1)NC(C)CCCN(CC)CC.I. The van der Waals surface area contributed by atoms with Crippen molar-refractivity contribution in [3.05, 3.63) is 22.4 Å². The Morgan fingerprint density at radius 1 is 1.30 bits per heavy atom. The highest BCUT2D eigenvalue weighted by molar-refractivity contribution is 14.0. The van der Waals surface area contributed by atoms with E-state index in [0.29, 0.717) is 6.04 Å². The van der Waals surface area contributed by atoms with Crippen molar-refractivity contribution in [3.8, 4) is 0 Å². The monoisotopic (exact) mass is 452 g/mol. The maximum atomic E-state index is 4.66. The quantitative estimate of drug-likeness (QED) is 0.321. The molecular formula is C17H33IN4S. The number of thiophene rings is 1. The van der Waals surface area contributed by atoms with Crippen molar-refractivity contribution in [2.45, 2.75) is 53.1 Å². The Kier molecular flexibility index (Phi) is 13.8. The first kappa shape index (κ1) is 22.7. The van der Waals surface area contributed by atoms with Crippen molar-refractivity contribution in [1.82, 2.24) is 15.5 Å². The molecule has 0 aromatic carbocycles. The fourth-order valence-electron chi connectivity index (χ4n) is 2.34. The van der Waals surface area contributed by atoms with Gasteiger partial charge in [-0.1, -0.05) is 13.8 Å². The molecule has 0 spiro atoms. The van der Waals surface area contributed by atoms with E-state index in [1.807, 2.05) is 0 Å². The summed E-state index contributed by atoms with van der Waals surface area (Å²) in [5.74, 6) is 0.920. The number of aliphatic imine (C=N–C) groups is 1. The molecule has 6 heteroatoms. The molecular weight excluding hydrogens is 419 g/mol. The number of rotatable bonds is 10. The fourth-order valence-corrected chi connectivity index (χ4v) is 3.00. The second-order valence-electron chi connectivity index (χ2n) is 5.54. The average molecular weight is 452 g/mol. The summed E-state index contributed by atoms with van der Waals surface area (Å²) in [5.41, 5.74) is 1.27. The van der Waals surface area contributed by atoms with Crippen molar-refractivity contribution in [2.24, 2.45) is 4.99 Å². The van der Waals surface area contributed by atoms with Gasteiger partial charge in [-0.25, -0.2) is 4.99 Å². The molecule has 4 nitrogen and oxygen atoms in total. The first-order chi connectivity index (χ1) is 10.7. The molecule has 1 atom stereocenters. The molecule has 0 radical (unpaired) electrons. The third-order valence-electron chi connectivity index (χ3n) is 3.73. The Morgan fingerprint density at radius 2 is 2.04 bits per heavy atom. The van der Waals surface area contributed by atoms with Gasteiger partial charge in [0, 0.05) is 12.6 Å². The van der Waals surface area contributed by atoms with Gasteiger partial charge in [-0.3, -0.25) is 0 Å². The van der Waals surface area contributed by atoms with Crippen LogP contribution < -0.4 is 10.6 Å². The summed E-state index contributed by atoms with van der Waals surface area (Å²) < 4.78 is 0. The largest absolute Gasteiger partial charge is 0.357 e. The standard InChI is InChI=1S/C17H32N4S.HI/c1-5-18-17(19-13-16-10-12-22-14-16)20-15(4)9-8-11-21(6-2)7-3;/h10,12,14-15H,5-9,11,13H2,1-4H3,(H2,18,19,20);1H. The van der Waals surface area contributed by atoms with Crippen LogP contribution in [0.2, 0.25) is 0 Å². The zero-order valence-corrected chi connectivity index (χ0v) is 18.1. The van der Waals surface area contributed by atoms with E-state index in [1.54, 1.807) is 11.3 Å². The lowest BCUT2D eigenvalue weighted by molar-refractivity contribution is 0.292. The highest BCUT2D eigenvalue weighted by atomic mass is 127.